The lowest BCUT2D eigenvalue weighted by atomic mass is 9.62. The zero-order valence-corrected chi connectivity index (χ0v) is 13.0. The molecule has 1 aliphatic rings. The number of aromatic hydroxyl groups is 1. The van der Waals surface area contributed by atoms with Gasteiger partial charge in [0.05, 0.1) is 0 Å². The first-order chi connectivity index (χ1) is 10.1. The number of hydrogen-bond donors (Lipinski definition) is 1. The molecule has 0 heterocycles. The molecule has 0 saturated heterocycles. The summed E-state index contributed by atoms with van der Waals surface area (Å²) >= 11 is 0. The van der Waals surface area contributed by atoms with Crippen molar-refractivity contribution >= 4 is 0 Å². The van der Waals surface area contributed by atoms with E-state index in [4.69, 9.17) is 0 Å². The van der Waals surface area contributed by atoms with Gasteiger partial charge in [0.1, 0.15) is 5.75 Å². The van der Waals surface area contributed by atoms with Crippen LogP contribution < -0.4 is 0 Å². The highest BCUT2D eigenvalue weighted by Gasteiger charge is 2.38. The summed E-state index contributed by atoms with van der Waals surface area (Å²) in [5, 5.41) is 9.60. The van der Waals surface area contributed by atoms with Gasteiger partial charge in [0.25, 0.3) is 0 Å². The third-order valence-corrected chi connectivity index (χ3v) is 5.02. The first-order valence-electron chi connectivity index (χ1n) is 7.97. The monoisotopic (exact) mass is 280 g/mol. The second-order valence-corrected chi connectivity index (χ2v) is 6.70. The number of hydrogen-bond acceptors (Lipinski definition) is 1. The van der Waals surface area contributed by atoms with E-state index in [1.54, 1.807) is 0 Å². The van der Waals surface area contributed by atoms with Gasteiger partial charge in [0.2, 0.25) is 0 Å². The Morgan fingerprint density at radius 2 is 1.52 bits per heavy atom. The summed E-state index contributed by atoms with van der Waals surface area (Å²) in [5.74, 6) is 1.09. The lowest BCUT2D eigenvalue weighted by Crippen LogP contribution is -2.33. The van der Waals surface area contributed by atoms with Crippen LogP contribution in [0.2, 0.25) is 0 Å². The Hall–Kier alpha value is -1.76. The summed E-state index contributed by atoms with van der Waals surface area (Å²) in [6, 6.07) is 16.9. The van der Waals surface area contributed by atoms with Crippen molar-refractivity contribution in [2.45, 2.75) is 44.9 Å². The summed E-state index contributed by atoms with van der Waals surface area (Å²) in [7, 11) is 0. The molecule has 0 aromatic heterocycles. The van der Waals surface area contributed by atoms with Crippen LogP contribution in [0, 0.1) is 12.8 Å². The van der Waals surface area contributed by atoms with Gasteiger partial charge in [-0.15, -0.1) is 0 Å². The average Bonchev–Trinajstić information content (AvgIpc) is 2.48. The molecule has 2 aromatic rings. The van der Waals surface area contributed by atoms with Crippen LogP contribution in [0.4, 0.5) is 0 Å². The van der Waals surface area contributed by atoms with Gasteiger partial charge in [-0.3, -0.25) is 0 Å². The van der Waals surface area contributed by atoms with E-state index >= 15 is 0 Å². The van der Waals surface area contributed by atoms with Crippen LogP contribution in [-0.4, -0.2) is 5.11 Å². The smallest absolute Gasteiger partial charge is 0.115 e. The standard InChI is InChI=1S/C20H24O/c1-15-5-7-17(8-6-15)20(13-3-4-16(2)14-20)18-9-11-19(21)12-10-18/h5-12,16,21H,3-4,13-14H2,1-2H3. The molecule has 1 aliphatic carbocycles. The summed E-state index contributed by atoms with van der Waals surface area (Å²) in [6.45, 7) is 4.50. The van der Waals surface area contributed by atoms with Crippen LogP contribution in [-0.2, 0) is 5.41 Å². The van der Waals surface area contributed by atoms with E-state index in [0.29, 0.717) is 5.75 Å². The number of phenols is 1. The first kappa shape index (κ1) is 14.2. The molecule has 0 aliphatic heterocycles. The predicted molar refractivity (Wildman–Crippen MR) is 87.7 cm³/mol. The SMILES string of the molecule is Cc1ccc(C2(c3ccc(O)cc3)CCCC(C)C2)cc1. The quantitative estimate of drug-likeness (QED) is 0.802. The zero-order chi connectivity index (χ0) is 14.9. The van der Waals surface area contributed by atoms with Crippen molar-refractivity contribution in [3.8, 4) is 5.75 Å². The topological polar surface area (TPSA) is 20.2 Å². The second kappa shape index (κ2) is 5.55. The molecule has 1 fully saturated rings. The normalized spacial score (nSPS) is 25.7. The summed E-state index contributed by atoms with van der Waals surface area (Å²) in [4.78, 5) is 0. The third kappa shape index (κ3) is 2.70. The summed E-state index contributed by atoms with van der Waals surface area (Å²) in [5.41, 5.74) is 4.18. The molecule has 110 valence electrons. The fraction of sp³-hybridized carbons (Fsp3) is 0.400. The molecule has 21 heavy (non-hydrogen) atoms. The van der Waals surface area contributed by atoms with Crippen molar-refractivity contribution in [2.75, 3.05) is 0 Å². The molecule has 1 saturated carbocycles. The minimum atomic E-state index is 0.110. The maximum Gasteiger partial charge on any atom is 0.115 e. The van der Waals surface area contributed by atoms with Gasteiger partial charge in [-0.1, -0.05) is 61.7 Å². The Kier molecular flexibility index (Phi) is 3.75. The van der Waals surface area contributed by atoms with Gasteiger partial charge in [-0.05, 0) is 48.9 Å². The van der Waals surface area contributed by atoms with Crippen molar-refractivity contribution in [1.29, 1.82) is 0 Å². The molecular weight excluding hydrogens is 256 g/mol. The van der Waals surface area contributed by atoms with Crippen LogP contribution in [0.1, 0.15) is 49.3 Å². The Morgan fingerprint density at radius 1 is 0.952 bits per heavy atom. The zero-order valence-electron chi connectivity index (χ0n) is 13.0. The predicted octanol–water partition coefficient (Wildman–Crippen LogP) is 5.20. The summed E-state index contributed by atoms with van der Waals surface area (Å²) in [6.07, 6.45) is 4.99. The van der Waals surface area contributed by atoms with E-state index in [1.165, 1.54) is 42.4 Å². The molecule has 0 spiro atoms. The van der Waals surface area contributed by atoms with E-state index in [9.17, 15) is 5.11 Å². The Balaban J connectivity index is 2.10. The lowest BCUT2D eigenvalue weighted by Gasteiger charge is -2.41. The lowest BCUT2D eigenvalue weighted by molar-refractivity contribution is 0.272. The molecule has 0 bridgehead atoms. The van der Waals surface area contributed by atoms with Crippen molar-refractivity contribution in [2.24, 2.45) is 5.92 Å². The first-order valence-corrected chi connectivity index (χ1v) is 7.97. The fourth-order valence-electron chi connectivity index (χ4n) is 3.90. The van der Waals surface area contributed by atoms with Crippen molar-refractivity contribution < 1.29 is 5.11 Å². The highest BCUT2D eigenvalue weighted by Crippen LogP contribution is 2.47. The highest BCUT2D eigenvalue weighted by molar-refractivity contribution is 5.42. The van der Waals surface area contributed by atoms with Crippen LogP contribution in [0.3, 0.4) is 0 Å². The third-order valence-electron chi connectivity index (χ3n) is 5.02. The van der Waals surface area contributed by atoms with Crippen LogP contribution in [0.5, 0.6) is 5.75 Å². The molecule has 3 rings (SSSR count). The van der Waals surface area contributed by atoms with Gasteiger partial charge < -0.3 is 5.11 Å². The average molecular weight is 280 g/mol. The molecule has 2 unspecified atom stereocenters. The fourth-order valence-corrected chi connectivity index (χ4v) is 3.90. The van der Waals surface area contributed by atoms with Gasteiger partial charge in [0, 0.05) is 5.41 Å². The number of benzene rings is 2. The molecule has 2 atom stereocenters. The van der Waals surface area contributed by atoms with Gasteiger partial charge >= 0.3 is 0 Å². The van der Waals surface area contributed by atoms with E-state index in [1.807, 2.05) is 12.1 Å². The molecular formula is C20H24O. The number of phenolic OH excluding ortho intramolecular Hbond substituents is 1. The van der Waals surface area contributed by atoms with Gasteiger partial charge in [0.15, 0.2) is 0 Å². The Morgan fingerprint density at radius 3 is 2.10 bits per heavy atom. The minimum absolute atomic E-state index is 0.110. The largest absolute Gasteiger partial charge is 0.508 e. The number of rotatable bonds is 2. The minimum Gasteiger partial charge on any atom is -0.508 e. The molecule has 1 nitrogen and oxygen atoms in total. The Labute approximate surface area is 127 Å². The maximum absolute atomic E-state index is 9.60. The van der Waals surface area contributed by atoms with Gasteiger partial charge in [-0.25, -0.2) is 0 Å². The van der Waals surface area contributed by atoms with E-state index in [2.05, 4.69) is 50.2 Å². The molecule has 0 radical (unpaired) electrons. The van der Waals surface area contributed by atoms with Crippen LogP contribution in [0.15, 0.2) is 48.5 Å². The Bertz CT molecular complexity index is 549. The van der Waals surface area contributed by atoms with E-state index in [-0.39, 0.29) is 5.41 Å². The van der Waals surface area contributed by atoms with Crippen molar-refractivity contribution in [1.82, 2.24) is 0 Å². The van der Waals surface area contributed by atoms with Crippen molar-refractivity contribution in [3.05, 3.63) is 65.2 Å². The van der Waals surface area contributed by atoms with Crippen LogP contribution in [0.25, 0.3) is 0 Å². The second-order valence-electron chi connectivity index (χ2n) is 6.70. The van der Waals surface area contributed by atoms with E-state index < -0.39 is 0 Å². The molecule has 1 heteroatoms. The highest BCUT2D eigenvalue weighted by atomic mass is 16.3. The number of aryl methyl sites for hydroxylation is 1. The van der Waals surface area contributed by atoms with E-state index in [0.717, 1.165) is 5.92 Å². The maximum atomic E-state index is 9.60. The van der Waals surface area contributed by atoms with Crippen molar-refractivity contribution in [3.63, 3.8) is 0 Å². The van der Waals surface area contributed by atoms with Crippen LogP contribution >= 0.6 is 0 Å². The molecule has 1 N–H and O–H groups in total. The molecule has 2 aromatic carbocycles. The van der Waals surface area contributed by atoms with Gasteiger partial charge in [-0.2, -0.15) is 0 Å². The molecule has 0 amide bonds. The summed E-state index contributed by atoms with van der Waals surface area (Å²) < 4.78 is 0.